The second-order valence-electron chi connectivity index (χ2n) is 6.71. The van der Waals surface area contributed by atoms with E-state index in [1.54, 1.807) is 13.3 Å². The van der Waals surface area contributed by atoms with Crippen LogP contribution in [-0.4, -0.2) is 62.6 Å². The summed E-state index contributed by atoms with van der Waals surface area (Å²) in [6.07, 6.45) is 6.81. The molecule has 146 valence electrons. The molecule has 1 fully saturated rings. The molecule has 0 spiro atoms. The van der Waals surface area contributed by atoms with E-state index in [0.29, 0.717) is 12.6 Å². The molecule has 2 rings (SSSR count). The molecule has 2 heterocycles. The normalized spacial score (nSPS) is 16.5. The monoisotopic (exact) mass is 363 g/mol. The first-order valence-electron chi connectivity index (χ1n) is 9.71. The van der Waals surface area contributed by atoms with Gasteiger partial charge in [-0.25, -0.2) is 0 Å². The van der Waals surface area contributed by atoms with Crippen LogP contribution in [0.5, 0.6) is 0 Å². The number of guanidine groups is 1. The summed E-state index contributed by atoms with van der Waals surface area (Å²) in [5.41, 5.74) is 0. The van der Waals surface area contributed by atoms with Crippen LogP contribution in [0.3, 0.4) is 0 Å². The summed E-state index contributed by atoms with van der Waals surface area (Å²) in [4.78, 5) is 18.4. The lowest BCUT2D eigenvalue weighted by molar-refractivity contribution is -0.122. The largest absolute Gasteiger partial charge is 0.469 e. The van der Waals surface area contributed by atoms with Crippen LogP contribution in [0.15, 0.2) is 27.8 Å². The van der Waals surface area contributed by atoms with Gasteiger partial charge in [0.25, 0.3) is 0 Å². The lowest BCUT2D eigenvalue weighted by Crippen LogP contribution is -2.50. The summed E-state index contributed by atoms with van der Waals surface area (Å²) < 4.78 is 5.38. The predicted molar refractivity (Wildman–Crippen MR) is 104 cm³/mol. The van der Waals surface area contributed by atoms with Gasteiger partial charge in [0.1, 0.15) is 5.76 Å². The molecule has 7 nitrogen and oxygen atoms in total. The number of hydrogen-bond acceptors (Lipinski definition) is 4. The van der Waals surface area contributed by atoms with Crippen molar-refractivity contribution < 1.29 is 9.21 Å². The maximum absolute atomic E-state index is 11.5. The van der Waals surface area contributed by atoms with Crippen LogP contribution in [-0.2, 0) is 11.2 Å². The van der Waals surface area contributed by atoms with E-state index >= 15 is 0 Å². The average molecular weight is 364 g/mol. The molecule has 0 atom stereocenters. The smallest absolute Gasteiger partial charge is 0.233 e. The van der Waals surface area contributed by atoms with Crippen molar-refractivity contribution in [3.05, 3.63) is 24.2 Å². The summed E-state index contributed by atoms with van der Waals surface area (Å²) in [6.45, 7) is 6.15. The zero-order chi connectivity index (χ0) is 18.6. The minimum atomic E-state index is 0.0813. The van der Waals surface area contributed by atoms with Gasteiger partial charge in [-0.15, -0.1) is 0 Å². The van der Waals surface area contributed by atoms with E-state index in [-0.39, 0.29) is 5.91 Å². The summed E-state index contributed by atoms with van der Waals surface area (Å²) in [6, 6.07) is 4.30. The Morgan fingerprint density at radius 3 is 2.85 bits per heavy atom. The maximum atomic E-state index is 11.5. The maximum Gasteiger partial charge on any atom is 0.233 e. The molecule has 0 radical (unpaired) electrons. The number of unbranched alkanes of at least 4 members (excludes halogenated alkanes) is 1. The van der Waals surface area contributed by atoms with Crippen molar-refractivity contribution >= 4 is 11.9 Å². The number of piperidine rings is 1. The molecule has 0 aliphatic carbocycles. The highest BCUT2D eigenvalue weighted by molar-refractivity contribution is 5.80. The van der Waals surface area contributed by atoms with Crippen molar-refractivity contribution in [3.8, 4) is 0 Å². The van der Waals surface area contributed by atoms with E-state index in [2.05, 4.69) is 27.8 Å². The lowest BCUT2D eigenvalue weighted by Gasteiger charge is -2.32. The Morgan fingerprint density at radius 1 is 1.38 bits per heavy atom. The van der Waals surface area contributed by atoms with Gasteiger partial charge in [0.2, 0.25) is 5.91 Å². The number of rotatable bonds is 9. The van der Waals surface area contributed by atoms with Crippen LogP contribution >= 0.6 is 0 Å². The van der Waals surface area contributed by atoms with Crippen molar-refractivity contribution in [3.63, 3.8) is 0 Å². The number of hydrogen-bond donors (Lipinski definition) is 3. The number of carbonyl (C=O) groups is 1. The van der Waals surface area contributed by atoms with E-state index in [9.17, 15) is 4.79 Å². The van der Waals surface area contributed by atoms with Gasteiger partial charge in [-0.05, 0) is 31.4 Å². The average Bonchev–Trinajstić information content (AvgIpc) is 3.16. The van der Waals surface area contributed by atoms with E-state index in [1.165, 1.54) is 0 Å². The molecule has 1 amide bonds. The van der Waals surface area contributed by atoms with Crippen molar-refractivity contribution in [2.75, 3.05) is 39.8 Å². The van der Waals surface area contributed by atoms with E-state index in [1.807, 2.05) is 12.1 Å². The Balaban J connectivity index is 1.76. The third-order valence-electron chi connectivity index (χ3n) is 4.60. The molecule has 1 saturated heterocycles. The van der Waals surface area contributed by atoms with Crippen LogP contribution in [0.2, 0.25) is 0 Å². The Kier molecular flexibility index (Phi) is 9.03. The molecule has 1 aromatic heterocycles. The van der Waals surface area contributed by atoms with Gasteiger partial charge < -0.3 is 20.4 Å². The van der Waals surface area contributed by atoms with Crippen molar-refractivity contribution in [1.82, 2.24) is 20.9 Å². The molecular formula is C19H33N5O2. The molecule has 3 N–H and O–H groups in total. The van der Waals surface area contributed by atoms with Gasteiger partial charge in [-0.2, -0.15) is 0 Å². The highest BCUT2D eigenvalue weighted by Gasteiger charge is 2.21. The van der Waals surface area contributed by atoms with Crippen molar-refractivity contribution in [1.29, 1.82) is 0 Å². The molecule has 7 heteroatoms. The SMILES string of the molecule is CCCCN=C(NCCc1ccco1)NC1CCN(CC(=O)NC)CC1. The molecule has 0 aromatic carbocycles. The van der Waals surface area contributed by atoms with Gasteiger partial charge in [0.15, 0.2) is 5.96 Å². The van der Waals surface area contributed by atoms with Crippen LogP contribution in [0, 0.1) is 0 Å². The van der Waals surface area contributed by atoms with E-state index in [0.717, 1.165) is 70.0 Å². The lowest BCUT2D eigenvalue weighted by atomic mass is 10.1. The number of aliphatic imine (C=N–C) groups is 1. The van der Waals surface area contributed by atoms with Gasteiger partial charge in [0.05, 0.1) is 12.8 Å². The number of nitrogens with zero attached hydrogens (tertiary/aromatic N) is 2. The second kappa shape index (κ2) is 11.6. The molecule has 26 heavy (non-hydrogen) atoms. The fourth-order valence-electron chi connectivity index (χ4n) is 2.97. The predicted octanol–water partition coefficient (Wildman–Crippen LogP) is 1.37. The number of likely N-dealkylation sites (tertiary alicyclic amines) is 1. The van der Waals surface area contributed by atoms with Crippen molar-refractivity contribution in [2.24, 2.45) is 4.99 Å². The fraction of sp³-hybridized carbons (Fsp3) is 0.684. The van der Waals surface area contributed by atoms with Gasteiger partial charge in [-0.1, -0.05) is 13.3 Å². The number of amides is 1. The zero-order valence-electron chi connectivity index (χ0n) is 16.1. The first-order valence-corrected chi connectivity index (χ1v) is 9.71. The first-order chi connectivity index (χ1) is 12.7. The van der Waals surface area contributed by atoms with E-state index < -0.39 is 0 Å². The standard InChI is InChI=1S/C19H33N5O2/c1-3-4-10-21-19(22-11-7-17-6-5-14-26-17)23-16-8-12-24(13-9-16)15-18(25)20-2/h5-6,14,16H,3-4,7-13,15H2,1-2H3,(H,20,25)(H2,21,22,23). The minimum absolute atomic E-state index is 0.0813. The summed E-state index contributed by atoms with van der Waals surface area (Å²) in [5.74, 6) is 1.94. The van der Waals surface area contributed by atoms with Crippen LogP contribution in [0.25, 0.3) is 0 Å². The highest BCUT2D eigenvalue weighted by Crippen LogP contribution is 2.10. The van der Waals surface area contributed by atoms with E-state index in [4.69, 9.17) is 9.41 Å². The van der Waals surface area contributed by atoms with Gasteiger partial charge >= 0.3 is 0 Å². The number of nitrogens with one attached hydrogen (secondary N) is 3. The van der Waals surface area contributed by atoms with Crippen LogP contribution in [0.1, 0.15) is 38.4 Å². The fourth-order valence-corrected chi connectivity index (χ4v) is 2.97. The van der Waals surface area contributed by atoms with Crippen molar-refractivity contribution in [2.45, 2.75) is 45.1 Å². The molecule has 0 saturated carbocycles. The molecule has 1 aliphatic heterocycles. The number of furan rings is 1. The van der Waals surface area contributed by atoms with Gasteiger partial charge in [-0.3, -0.25) is 14.7 Å². The zero-order valence-corrected chi connectivity index (χ0v) is 16.1. The minimum Gasteiger partial charge on any atom is -0.469 e. The number of carbonyl (C=O) groups excluding carboxylic acids is 1. The first kappa shape index (κ1) is 20.3. The quantitative estimate of drug-likeness (QED) is 0.351. The third-order valence-corrected chi connectivity index (χ3v) is 4.60. The number of likely N-dealkylation sites (N-methyl/N-ethyl adjacent to an activating group) is 1. The summed E-state index contributed by atoms with van der Waals surface area (Å²) >= 11 is 0. The van der Waals surface area contributed by atoms with Crippen LogP contribution < -0.4 is 16.0 Å². The topological polar surface area (TPSA) is 81.9 Å². The molecular weight excluding hydrogens is 330 g/mol. The highest BCUT2D eigenvalue weighted by atomic mass is 16.3. The molecule has 1 aliphatic rings. The molecule has 0 unspecified atom stereocenters. The Bertz CT molecular complexity index is 536. The van der Waals surface area contributed by atoms with Gasteiger partial charge in [0, 0.05) is 45.7 Å². The Morgan fingerprint density at radius 2 is 2.19 bits per heavy atom. The molecule has 1 aromatic rings. The Hall–Kier alpha value is -2.02. The Labute approximate surface area is 156 Å². The van der Waals surface area contributed by atoms with Crippen LogP contribution in [0.4, 0.5) is 0 Å². The third kappa shape index (κ3) is 7.47. The summed E-state index contributed by atoms with van der Waals surface area (Å²) in [5, 5.41) is 9.67. The second-order valence-corrected chi connectivity index (χ2v) is 6.71. The summed E-state index contributed by atoms with van der Waals surface area (Å²) in [7, 11) is 1.68. The molecule has 0 bridgehead atoms.